The molecule has 0 saturated carbocycles. The van der Waals surface area contributed by atoms with Crippen molar-refractivity contribution in [2.45, 2.75) is 18.5 Å². The average Bonchev–Trinajstić information content (AvgIpc) is 3.18. The third kappa shape index (κ3) is 3.85. The van der Waals surface area contributed by atoms with Crippen molar-refractivity contribution in [2.75, 3.05) is 32.8 Å². The molecule has 174 valence electrons. The number of amides is 1. The Morgan fingerprint density at radius 3 is 2.27 bits per heavy atom. The van der Waals surface area contributed by atoms with Crippen molar-refractivity contribution in [1.29, 1.82) is 0 Å². The van der Waals surface area contributed by atoms with Crippen molar-refractivity contribution in [2.24, 2.45) is 0 Å². The highest BCUT2D eigenvalue weighted by atomic mass is 19.4. The quantitative estimate of drug-likeness (QED) is 0.623. The first-order valence-electron chi connectivity index (χ1n) is 9.89. The number of hydrogen-bond donors (Lipinski definition) is 0. The lowest BCUT2D eigenvalue weighted by Gasteiger charge is -2.32. The summed E-state index contributed by atoms with van der Waals surface area (Å²) in [7, 11) is 4.35. The van der Waals surface area contributed by atoms with E-state index in [1.54, 1.807) is 12.1 Å². The second-order valence-corrected chi connectivity index (χ2v) is 7.42. The number of ether oxygens (including phenoxy) is 4. The molecule has 1 amide bonds. The molecule has 0 aromatic heterocycles. The van der Waals surface area contributed by atoms with Gasteiger partial charge in [0.15, 0.2) is 11.5 Å². The number of nitrogens with zero attached hydrogens (tertiary/aromatic N) is 1. The number of rotatable bonds is 5. The molecule has 33 heavy (non-hydrogen) atoms. The summed E-state index contributed by atoms with van der Waals surface area (Å²) in [4.78, 5) is 27.0. The number of esters is 1. The lowest BCUT2D eigenvalue weighted by Crippen LogP contribution is -2.37. The van der Waals surface area contributed by atoms with E-state index in [0.717, 1.165) is 17.0 Å². The number of cyclic esters (lactones) is 1. The summed E-state index contributed by atoms with van der Waals surface area (Å²) in [6.45, 7) is -0.234. The van der Waals surface area contributed by atoms with E-state index in [1.165, 1.54) is 33.5 Å². The lowest BCUT2D eigenvalue weighted by molar-refractivity contribution is -0.138. The van der Waals surface area contributed by atoms with Gasteiger partial charge < -0.3 is 18.9 Å². The molecule has 7 nitrogen and oxygen atoms in total. The van der Waals surface area contributed by atoms with Crippen LogP contribution in [0.3, 0.4) is 0 Å². The van der Waals surface area contributed by atoms with E-state index in [-0.39, 0.29) is 30.0 Å². The highest BCUT2D eigenvalue weighted by Crippen LogP contribution is 2.47. The molecule has 0 radical (unpaired) electrons. The van der Waals surface area contributed by atoms with Crippen LogP contribution in [0, 0.1) is 0 Å². The molecule has 0 bridgehead atoms. The number of methoxy groups -OCH3 is 3. The summed E-state index contributed by atoms with van der Waals surface area (Å²) in [6.07, 6.45) is -4.76. The van der Waals surface area contributed by atoms with Gasteiger partial charge in [0.2, 0.25) is 5.91 Å². The monoisotopic (exact) mass is 463 g/mol. The Kier molecular flexibility index (Phi) is 5.69. The topological polar surface area (TPSA) is 74.3 Å². The molecule has 0 saturated heterocycles. The summed E-state index contributed by atoms with van der Waals surface area (Å²) in [5, 5.41) is 0. The van der Waals surface area contributed by atoms with Crippen LogP contribution in [-0.4, -0.2) is 39.8 Å². The fourth-order valence-corrected chi connectivity index (χ4v) is 4.17. The average molecular weight is 463 g/mol. The normalized spacial score (nSPS) is 18.2. The molecule has 2 heterocycles. The predicted molar refractivity (Wildman–Crippen MR) is 110 cm³/mol. The maximum absolute atomic E-state index is 13.2. The third-order valence-electron chi connectivity index (χ3n) is 5.66. The van der Waals surface area contributed by atoms with E-state index in [0.29, 0.717) is 22.8 Å². The van der Waals surface area contributed by atoms with E-state index in [4.69, 9.17) is 18.9 Å². The van der Waals surface area contributed by atoms with E-state index in [1.807, 2.05) is 0 Å². The first-order valence-corrected chi connectivity index (χ1v) is 9.89. The summed E-state index contributed by atoms with van der Waals surface area (Å²) in [5.41, 5.74) is 0.00992. The van der Waals surface area contributed by atoms with Crippen LogP contribution in [0.25, 0.3) is 0 Å². The van der Waals surface area contributed by atoms with Crippen LogP contribution in [0.5, 0.6) is 17.2 Å². The maximum atomic E-state index is 13.2. The molecule has 0 N–H and O–H groups in total. The van der Waals surface area contributed by atoms with Crippen molar-refractivity contribution in [1.82, 2.24) is 0 Å². The molecule has 2 aliphatic heterocycles. The molecule has 1 atom stereocenters. The van der Waals surface area contributed by atoms with Gasteiger partial charge in [-0.15, -0.1) is 0 Å². The van der Waals surface area contributed by atoms with Crippen LogP contribution < -0.4 is 19.1 Å². The molecule has 2 aromatic carbocycles. The molecule has 0 unspecified atom stereocenters. The Labute approximate surface area is 187 Å². The molecule has 2 aliphatic rings. The van der Waals surface area contributed by atoms with Gasteiger partial charge in [0.25, 0.3) is 0 Å². The van der Waals surface area contributed by atoms with Gasteiger partial charge in [-0.3, -0.25) is 9.69 Å². The highest BCUT2D eigenvalue weighted by Gasteiger charge is 2.44. The molecular weight excluding hydrogens is 443 g/mol. The van der Waals surface area contributed by atoms with Crippen LogP contribution >= 0.6 is 0 Å². The second-order valence-electron chi connectivity index (χ2n) is 7.42. The molecule has 2 aromatic rings. The van der Waals surface area contributed by atoms with Gasteiger partial charge in [0.1, 0.15) is 12.4 Å². The number of anilines is 1. The van der Waals surface area contributed by atoms with Gasteiger partial charge in [-0.1, -0.05) is 6.07 Å². The largest absolute Gasteiger partial charge is 0.496 e. The van der Waals surface area contributed by atoms with Gasteiger partial charge in [0, 0.05) is 29.7 Å². The zero-order valence-electron chi connectivity index (χ0n) is 18.0. The molecule has 0 fully saturated rings. The van der Waals surface area contributed by atoms with Crippen LogP contribution in [0.1, 0.15) is 23.5 Å². The number of carbonyl (C=O) groups is 2. The zero-order chi connectivity index (χ0) is 23.9. The fourth-order valence-electron chi connectivity index (χ4n) is 4.17. The molecule has 0 aliphatic carbocycles. The van der Waals surface area contributed by atoms with Gasteiger partial charge in [-0.05, 0) is 24.3 Å². The first kappa shape index (κ1) is 22.5. The minimum Gasteiger partial charge on any atom is -0.496 e. The molecule has 0 spiro atoms. The Bertz CT molecular complexity index is 1160. The van der Waals surface area contributed by atoms with Crippen molar-refractivity contribution >= 4 is 17.6 Å². The van der Waals surface area contributed by atoms with Gasteiger partial charge in [-0.25, -0.2) is 4.79 Å². The van der Waals surface area contributed by atoms with E-state index in [9.17, 15) is 22.8 Å². The van der Waals surface area contributed by atoms with Crippen LogP contribution in [-0.2, 0) is 20.5 Å². The predicted octanol–water partition coefficient (Wildman–Crippen LogP) is 4.06. The maximum Gasteiger partial charge on any atom is 0.416 e. The number of benzene rings is 2. The van der Waals surface area contributed by atoms with Gasteiger partial charge >= 0.3 is 12.1 Å². The molecule has 4 rings (SSSR count). The van der Waals surface area contributed by atoms with Crippen LogP contribution in [0.2, 0.25) is 0 Å². The van der Waals surface area contributed by atoms with Crippen molar-refractivity contribution in [3.8, 4) is 17.2 Å². The SMILES string of the molecule is COc1cc(OC)c([C@@H]2CC(=O)N(c3cccc(C(F)(F)F)c3)C3=C2C(=O)OC3)cc1OC. The Morgan fingerprint density at radius 2 is 1.64 bits per heavy atom. The second kappa shape index (κ2) is 8.34. The number of halogens is 3. The van der Waals surface area contributed by atoms with Crippen molar-refractivity contribution in [3.05, 3.63) is 58.8 Å². The summed E-state index contributed by atoms with van der Waals surface area (Å²) >= 11 is 0. The van der Waals surface area contributed by atoms with Crippen molar-refractivity contribution < 1.29 is 41.7 Å². The molecule has 10 heteroatoms. The minimum absolute atomic E-state index is 0.0124. The Hall–Kier alpha value is -3.69. The number of hydrogen-bond acceptors (Lipinski definition) is 6. The van der Waals surface area contributed by atoms with E-state index >= 15 is 0 Å². The van der Waals surface area contributed by atoms with Crippen LogP contribution in [0.4, 0.5) is 18.9 Å². The van der Waals surface area contributed by atoms with E-state index in [2.05, 4.69) is 0 Å². The third-order valence-corrected chi connectivity index (χ3v) is 5.66. The van der Waals surface area contributed by atoms with Gasteiger partial charge in [0.05, 0.1) is 38.2 Å². The van der Waals surface area contributed by atoms with E-state index < -0.39 is 29.5 Å². The standard InChI is InChI=1S/C23H20F3NO6/c1-30-17-10-19(32-3)18(31-2)8-14(17)15-9-20(28)27(16-11-33-22(29)21(15)16)13-6-4-5-12(7-13)23(24,25)26/h4-8,10,15H,9,11H2,1-3H3/t15-/m0/s1. The smallest absolute Gasteiger partial charge is 0.416 e. The number of alkyl halides is 3. The first-order chi connectivity index (χ1) is 15.7. The minimum atomic E-state index is -4.58. The zero-order valence-corrected chi connectivity index (χ0v) is 18.0. The fraction of sp³-hybridized carbons (Fsp3) is 0.304. The Balaban J connectivity index is 1.86. The lowest BCUT2D eigenvalue weighted by atomic mass is 9.83. The van der Waals surface area contributed by atoms with Gasteiger partial charge in [-0.2, -0.15) is 13.2 Å². The Morgan fingerprint density at radius 1 is 0.970 bits per heavy atom. The van der Waals surface area contributed by atoms with Crippen molar-refractivity contribution in [3.63, 3.8) is 0 Å². The molecular formula is C23H20F3NO6. The summed E-state index contributed by atoms with van der Waals surface area (Å²) in [5.74, 6) is -0.725. The van der Waals surface area contributed by atoms with Crippen LogP contribution in [0.15, 0.2) is 47.7 Å². The summed E-state index contributed by atoms with van der Waals surface area (Å²) in [6, 6.07) is 7.60. The highest BCUT2D eigenvalue weighted by molar-refractivity contribution is 6.06. The summed E-state index contributed by atoms with van der Waals surface area (Å²) < 4.78 is 61.0. The number of carbonyl (C=O) groups excluding carboxylic acids is 2.